The second-order valence-electron chi connectivity index (χ2n) is 9.79. The van der Waals surface area contributed by atoms with Gasteiger partial charge in [-0.25, -0.2) is 0 Å². The number of benzene rings is 3. The number of terminal acetylenes is 1. The molecular formula is C31H24Cl2N2O4. The fraction of sp³-hybridized carbons (Fsp3) is 0.226. The second-order valence-corrected chi connectivity index (χ2v) is 10.7. The van der Waals surface area contributed by atoms with Crippen molar-refractivity contribution in [2.45, 2.75) is 30.4 Å². The molecule has 3 aromatic rings. The molecule has 3 aliphatic heterocycles. The maximum absolute atomic E-state index is 14.3. The maximum Gasteiger partial charge on any atom is 0.244 e. The van der Waals surface area contributed by atoms with Crippen LogP contribution in [0.15, 0.2) is 66.7 Å². The van der Waals surface area contributed by atoms with Gasteiger partial charge >= 0.3 is 0 Å². The SMILES string of the molecule is C#Cc1ccc(OC2CCOCC2)c([C@@H]2NC(=O)C=C(c3cccc(Cl)c3)[C@]23C(=O)Nc2cc(Cl)ccc23)c1. The van der Waals surface area contributed by atoms with Gasteiger partial charge in [0, 0.05) is 45.8 Å². The predicted octanol–water partition coefficient (Wildman–Crippen LogP) is 5.68. The highest BCUT2D eigenvalue weighted by atomic mass is 35.5. The summed E-state index contributed by atoms with van der Waals surface area (Å²) in [4.78, 5) is 27.6. The lowest BCUT2D eigenvalue weighted by molar-refractivity contribution is -0.122. The van der Waals surface area contributed by atoms with Gasteiger partial charge in [0.15, 0.2) is 0 Å². The Morgan fingerprint density at radius 2 is 1.79 bits per heavy atom. The van der Waals surface area contributed by atoms with E-state index >= 15 is 0 Å². The maximum atomic E-state index is 14.3. The van der Waals surface area contributed by atoms with E-state index in [1.807, 2.05) is 24.3 Å². The molecule has 0 aromatic heterocycles. The lowest BCUT2D eigenvalue weighted by atomic mass is 9.63. The van der Waals surface area contributed by atoms with Crippen LogP contribution in [0.25, 0.3) is 5.57 Å². The molecule has 0 bridgehead atoms. The summed E-state index contributed by atoms with van der Waals surface area (Å²) >= 11 is 12.7. The number of hydrogen-bond donors (Lipinski definition) is 2. The topological polar surface area (TPSA) is 76.7 Å². The molecule has 2 amide bonds. The summed E-state index contributed by atoms with van der Waals surface area (Å²) < 4.78 is 12.0. The van der Waals surface area contributed by atoms with Crippen LogP contribution in [-0.4, -0.2) is 31.1 Å². The molecule has 6 rings (SSSR count). The minimum Gasteiger partial charge on any atom is -0.490 e. The third kappa shape index (κ3) is 4.37. The fourth-order valence-corrected chi connectivity index (χ4v) is 6.14. The molecule has 3 aliphatic rings. The van der Waals surface area contributed by atoms with Crippen molar-refractivity contribution in [3.8, 4) is 18.1 Å². The normalized spacial score (nSPS) is 22.5. The van der Waals surface area contributed by atoms with Gasteiger partial charge in [-0.05, 0) is 59.2 Å². The Morgan fingerprint density at radius 3 is 2.56 bits per heavy atom. The van der Waals surface area contributed by atoms with Crippen LogP contribution in [0.2, 0.25) is 10.0 Å². The molecule has 3 aromatic carbocycles. The first-order valence-corrected chi connectivity index (χ1v) is 13.4. The van der Waals surface area contributed by atoms with Gasteiger partial charge in [0.25, 0.3) is 0 Å². The van der Waals surface area contributed by atoms with Crippen molar-refractivity contribution in [3.63, 3.8) is 0 Å². The average Bonchev–Trinajstić information content (AvgIpc) is 3.21. The Hall–Kier alpha value is -3.76. The van der Waals surface area contributed by atoms with E-state index in [0.717, 1.165) is 12.8 Å². The zero-order chi connectivity index (χ0) is 27.1. The molecular weight excluding hydrogens is 535 g/mol. The Balaban J connectivity index is 1.61. The Labute approximate surface area is 236 Å². The van der Waals surface area contributed by atoms with Gasteiger partial charge in [-0.3, -0.25) is 9.59 Å². The first kappa shape index (κ1) is 25.5. The van der Waals surface area contributed by atoms with Crippen molar-refractivity contribution < 1.29 is 19.1 Å². The Kier molecular flexibility index (Phi) is 6.60. The number of fused-ring (bicyclic) bond motifs is 2. The van der Waals surface area contributed by atoms with E-state index in [1.54, 1.807) is 36.4 Å². The molecule has 1 fully saturated rings. The van der Waals surface area contributed by atoms with E-state index < -0.39 is 11.5 Å². The molecule has 1 saturated heterocycles. The third-order valence-electron chi connectivity index (χ3n) is 7.52. The number of carbonyl (C=O) groups excluding carboxylic acids is 2. The summed E-state index contributed by atoms with van der Waals surface area (Å²) in [5.74, 6) is 2.57. The number of ether oxygens (including phenoxy) is 2. The molecule has 0 unspecified atom stereocenters. The number of halogens is 2. The van der Waals surface area contributed by atoms with Crippen LogP contribution in [0.1, 0.15) is 41.1 Å². The van der Waals surface area contributed by atoms with Crippen LogP contribution >= 0.6 is 23.2 Å². The molecule has 6 nitrogen and oxygen atoms in total. The van der Waals surface area contributed by atoms with Crippen LogP contribution in [0.4, 0.5) is 5.69 Å². The first-order valence-electron chi connectivity index (χ1n) is 12.6. The number of carbonyl (C=O) groups is 2. The largest absolute Gasteiger partial charge is 0.490 e. The van der Waals surface area contributed by atoms with Gasteiger partial charge in [-0.2, -0.15) is 0 Å². The zero-order valence-electron chi connectivity index (χ0n) is 20.8. The van der Waals surface area contributed by atoms with Crippen LogP contribution < -0.4 is 15.4 Å². The Morgan fingerprint density at radius 1 is 1.00 bits per heavy atom. The molecule has 8 heteroatoms. The van der Waals surface area contributed by atoms with Crippen LogP contribution in [-0.2, 0) is 19.7 Å². The van der Waals surface area contributed by atoms with Crippen LogP contribution in [0.3, 0.4) is 0 Å². The first-order chi connectivity index (χ1) is 18.9. The van der Waals surface area contributed by atoms with E-state index in [-0.39, 0.29) is 17.9 Å². The standard InChI is InChI=1S/C31H24Cl2N2O4/c1-2-18-6-9-27(39-22-10-12-38-13-11-22)23(14-18)29-31(24-8-7-21(33)16-26(24)34-30(31)37)25(17-28(36)35-29)19-4-3-5-20(32)15-19/h1,3-9,14-17,22,29H,10-13H2,(H,34,37)(H,35,36)/t29-,31-/m0/s1. The summed E-state index contributed by atoms with van der Waals surface area (Å²) in [5, 5.41) is 7.06. The van der Waals surface area contributed by atoms with Gasteiger partial charge in [0.05, 0.1) is 19.3 Å². The highest BCUT2D eigenvalue weighted by Gasteiger charge is 2.58. The van der Waals surface area contributed by atoms with Gasteiger partial charge in [-0.1, -0.05) is 47.3 Å². The van der Waals surface area contributed by atoms with Gasteiger partial charge in [0.2, 0.25) is 11.8 Å². The zero-order valence-corrected chi connectivity index (χ0v) is 22.3. The molecule has 0 saturated carbocycles. The van der Waals surface area contributed by atoms with Crippen molar-refractivity contribution in [3.05, 3.63) is 99.0 Å². The minimum atomic E-state index is -1.36. The van der Waals surface area contributed by atoms with Gasteiger partial charge in [-0.15, -0.1) is 6.42 Å². The van der Waals surface area contributed by atoms with E-state index in [9.17, 15) is 9.59 Å². The van der Waals surface area contributed by atoms with Crippen molar-refractivity contribution in [1.82, 2.24) is 5.32 Å². The Bertz CT molecular complexity index is 1570. The number of amides is 2. The molecule has 2 N–H and O–H groups in total. The van der Waals surface area contributed by atoms with Crippen molar-refractivity contribution >= 4 is 46.3 Å². The van der Waals surface area contributed by atoms with Crippen molar-refractivity contribution in [2.75, 3.05) is 18.5 Å². The molecule has 2 atom stereocenters. The third-order valence-corrected chi connectivity index (χ3v) is 7.99. The summed E-state index contributed by atoms with van der Waals surface area (Å²) in [6.45, 7) is 1.20. The highest BCUT2D eigenvalue weighted by molar-refractivity contribution is 6.32. The predicted molar refractivity (Wildman–Crippen MR) is 151 cm³/mol. The fourth-order valence-electron chi connectivity index (χ4n) is 5.78. The van der Waals surface area contributed by atoms with E-state index in [2.05, 4.69) is 16.6 Å². The molecule has 39 heavy (non-hydrogen) atoms. The van der Waals surface area contributed by atoms with E-state index in [0.29, 0.717) is 62.5 Å². The highest BCUT2D eigenvalue weighted by Crippen LogP contribution is 2.57. The molecule has 196 valence electrons. The summed E-state index contributed by atoms with van der Waals surface area (Å²) in [6, 6.07) is 17.0. The summed E-state index contributed by atoms with van der Waals surface area (Å²) in [7, 11) is 0. The lowest BCUT2D eigenvalue weighted by Gasteiger charge is -2.42. The summed E-state index contributed by atoms with van der Waals surface area (Å²) in [5.41, 5.74) is 2.26. The van der Waals surface area contributed by atoms with Crippen LogP contribution in [0.5, 0.6) is 5.75 Å². The second kappa shape index (κ2) is 10.1. The van der Waals surface area contributed by atoms with Crippen LogP contribution in [0, 0.1) is 12.3 Å². The van der Waals surface area contributed by atoms with E-state index in [1.165, 1.54) is 6.08 Å². The van der Waals surface area contributed by atoms with E-state index in [4.69, 9.17) is 39.1 Å². The average molecular weight is 559 g/mol. The lowest BCUT2D eigenvalue weighted by Crippen LogP contribution is -2.52. The molecule has 0 radical (unpaired) electrons. The monoisotopic (exact) mass is 558 g/mol. The van der Waals surface area contributed by atoms with Gasteiger partial charge < -0.3 is 20.1 Å². The van der Waals surface area contributed by atoms with Crippen molar-refractivity contribution in [2.24, 2.45) is 0 Å². The number of nitrogens with one attached hydrogen (secondary N) is 2. The number of hydrogen-bond acceptors (Lipinski definition) is 4. The quantitative estimate of drug-likeness (QED) is 0.404. The van der Waals surface area contributed by atoms with Crippen molar-refractivity contribution in [1.29, 1.82) is 0 Å². The summed E-state index contributed by atoms with van der Waals surface area (Å²) in [6.07, 6.45) is 8.65. The smallest absolute Gasteiger partial charge is 0.244 e. The number of anilines is 1. The molecule has 3 heterocycles. The molecule has 1 spiro atoms. The number of rotatable bonds is 4. The van der Waals surface area contributed by atoms with Gasteiger partial charge in [0.1, 0.15) is 17.3 Å². The minimum absolute atomic E-state index is 0.0733. The molecule has 0 aliphatic carbocycles.